The summed E-state index contributed by atoms with van der Waals surface area (Å²) in [6, 6.07) is 3.20. The fraction of sp³-hybridized carbons (Fsp3) is 0.667. The van der Waals surface area contributed by atoms with Gasteiger partial charge in [0.05, 0.1) is 0 Å². The largest absolute Gasteiger partial charge is 0.348 e. The van der Waals surface area contributed by atoms with Gasteiger partial charge in [0.2, 0.25) is 0 Å². The maximum atomic E-state index is 12.2. The number of nitrogens with one attached hydrogen (secondary N) is 1. The third-order valence-electron chi connectivity index (χ3n) is 3.76. The van der Waals surface area contributed by atoms with Crippen molar-refractivity contribution in [2.45, 2.75) is 64.5 Å². The summed E-state index contributed by atoms with van der Waals surface area (Å²) < 4.78 is 1.39. The molecule has 110 valence electrons. The van der Waals surface area contributed by atoms with Crippen molar-refractivity contribution in [3.05, 3.63) is 28.2 Å². The van der Waals surface area contributed by atoms with Gasteiger partial charge in [0.1, 0.15) is 5.69 Å². The first-order valence-corrected chi connectivity index (χ1v) is 7.59. The number of carbonyl (C=O) groups is 1. The van der Waals surface area contributed by atoms with Crippen molar-refractivity contribution in [1.82, 2.24) is 15.1 Å². The van der Waals surface area contributed by atoms with Crippen LogP contribution in [0.1, 0.15) is 62.4 Å². The van der Waals surface area contributed by atoms with E-state index in [0.717, 1.165) is 25.7 Å². The smallest absolute Gasteiger partial charge is 0.271 e. The first-order chi connectivity index (χ1) is 9.70. The molecule has 0 bridgehead atoms. The molecule has 1 amide bonds. The van der Waals surface area contributed by atoms with Crippen molar-refractivity contribution in [2.75, 3.05) is 0 Å². The van der Waals surface area contributed by atoms with E-state index in [9.17, 15) is 9.59 Å². The highest BCUT2D eigenvalue weighted by Crippen LogP contribution is 2.17. The predicted octanol–water partition coefficient (Wildman–Crippen LogP) is 2.11. The van der Waals surface area contributed by atoms with Gasteiger partial charge in [-0.1, -0.05) is 32.6 Å². The van der Waals surface area contributed by atoms with Gasteiger partial charge in [-0.3, -0.25) is 9.59 Å². The third-order valence-corrected chi connectivity index (χ3v) is 3.76. The molecule has 1 fully saturated rings. The van der Waals surface area contributed by atoms with Crippen LogP contribution in [0.4, 0.5) is 0 Å². The molecule has 0 radical (unpaired) electrons. The molecule has 1 aromatic heterocycles. The van der Waals surface area contributed by atoms with Crippen molar-refractivity contribution in [3.8, 4) is 0 Å². The van der Waals surface area contributed by atoms with E-state index in [1.807, 2.05) is 0 Å². The highest BCUT2D eigenvalue weighted by molar-refractivity contribution is 5.92. The summed E-state index contributed by atoms with van der Waals surface area (Å²) in [5.74, 6) is -0.165. The Morgan fingerprint density at radius 1 is 1.35 bits per heavy atom. The van der Waals surface area contributed by atoms with E-state index in [0.29, 0.717) is 12.2 Å². The number of rotatable bonds is 5. The Morgan fingerprint density at radius 2 is 2.10 bits per heavy atom. The molecule has 20 heavy (non-hydrogen) atoms. The van der Waals surface area contributed by atoms with Gasteiger partial charge in [-0.25, -0.2) is 4.68 Å². The molecule has 0 unspecified atom stereocenters. The Hall–Kier alpha value is -1.65. The summed E-state index contributed by atoms with van der Waals surface area (Å²) in [7, 11) is 0. The molecule has 5 nitrogen and oxygen atoms in total. The van der Waals surface area contributed by atoms with Gasteiger partial charge in [0.15, 0.2) is 0 Å². The summed E-state index contributed by atoms with van der Waals surface area (Å²) >= 11 is 0. The van der Waals surface area contributed by atoms with Crippen molar-refractivity contribution < 1.29 is 4.79 Å². The van der Waals surface area contributed by atoms with Crippen LogP contribution in [0.15, 0.2) is 16.9 Å². The van der Waals surface area contributed by atoms with Gasteiger partial charge in [-0.15, -0.1) is 0 Å². The predicted molar refractivity (Wildman–Crippen MR) is 77.7 cm³/mol. The zero-order valence-corrected chi connectivity index (χ0v) is 12.1. The van der Waals surface area contributed by atoms with Gasteiger partial charge < -0.3 is 5.32 Å². The lowest BCUT2D eigenvalue weighted by Crippen LogP contribution is -2.37. The van der Waals surface area contributed by atoms with Crippen molar-refractivity contribution in [3.63, 3.8) is 0 Å². The molecule has 1 heterocycles. The minimum Gasteiger partial charge on any atom is -0.348 e. The monoisotopic (exact) mass is 277 g/mol. The van der Waals surface area contributed by atoms with E-state index in [1.54, 1.807) is 0 Å². The van der Waals surface area contributed by atoms with Gasteiger partial charge in [-0.05, 0) is 25.3 Å². The highest BCUT2D eigenvalue weighted by atomic mass is 16.2. The Bertz CT molecular complexity index is 504. The second-order valence-electron chi connectivity index (χ2n) is 5.44. The number of aryl methyl sites for hydroxylation is 1. The lowest BCUT2D eigenvalue weighted by atomic mass is 9.95. The van der Waals surface area contributed by atoms with E-state index in [4.69, 9.17) is 0 Å². The second kappa shape index (κ2) is 7.22. The van der Waals surface area contributed by atoms with Crippen LogP contribution in [0.5, 0.6) is 0 Å². The molecule has 0 atom stereocenters. The Kier molecular flexibility index (Phi) is 5.32. The number of nitrogens with zero attached hydrogens (tertiary/aromatic N) is 2. The lowest BCUT2D eigenvalue weighted by Gasteiger charge is -2.22. The molecule has 2 rings (SSSR count). The Balaban J connectivity index is 2.03. The van der Waals surface area contributed by atoms with Gasteiger partial charge in [-0.2, -0.15) is 5.10 Å². The minimum atomic E-state index is -0.165. The fourth-order valence-electron chi connectivity index (χ4n) is 2.54. The van der Waals surface area contributed by atoms with E-state index in [2.05, 4.69) is 17.3 Å². The van der Waals surface area contributed by atoms with Crippen molar-refractivity contribution in [1.29, 1.82) is 0 Å². The fourth-order valence-corrected chi connectivity index (χ4v) is 2.54. The molecule has 1 N–H and O–H groups in total. The quantitative estimate of drug-likeness (QED) is 0.896. The maximum Gasteiger partial charge on any atom is 0.271 e. The number of carbonyl (C=O) groups excluding carboxylic acids is 1. The van der Waals surface area contributed by atoms with E-state index < -0.39 is 0 Å². The zero-order valence-electron chi connectivity index (χ0n) is 12.1. The molecular weight excluding hydrogens is 254 g/mol. The summed E-state index contributed by atoms with van der Waals surface area (Å²) in [6.07, 6.45) is 7.57. The van der Waals surface area contributed by atoms with Crippen LogP contribution in [0.3, 0.4) is 0 Å². The standard InChI is InChI=1S/C15H23N3O2/c1-2-3-11-18-14(19)10-9-13(17-18)15(20)16-12-7-5-4-6-8-12/h9-10,12H,2-8,11H2,1H3,(H,16,20). The molecule has 0 aliphatic heterocycles. The summed E-state index contributed by atoms with van der Waals surface area (Å²) in [5, 5.41) is 7.19. The van der Waals surface area contributed by atoms with Gasteiger partial charge in [0, 0.05) is 18.7 Å². The number of hydrogen-bond acceptors (Lipinski definition) is 3. The highest BCUT2D eigenvalue weighted by Gasteiger charge is 2.17. The number of amides is 1. The van der Waals surface area contributed by atoms with Crippen LogP contribution in [-0.4, -0.2) is 21.7 Å². The first-order valence-electron chi connectivity index (χ1n) is 7.59. The Labute approximate surface area is 119 Å². The van der Waals surface area contributed by atoms with Gasteiger partial charge in [0.25, 0.3) is 11.5 Å². The molecule has 0 aromatic carbocycles. The van der Waals surface area contributed by atoms with Crippen LogP contribution in [-0.2, 0) is 6.54 Å². The van der Waals surface area contributed by atoms with Crippen LogP contribution in [0.25, 0.3) is 0 Å². The minimum absolute atomic E-state index is 0.146. The SMILES string of the molecule is CCCCn1nc(C(=O)NC2CCCCC2)ccc1=O. The average molecular weight is 277 g/mol. The van der Waals surface area contributed by atoms with Crippen LogP contribution >= 0.6 is 0 Å². The van der Waals surface area contributed by atoms with Crippen molar-refractivity contribution in [2.24, 2.45) is 0 Å². The van der Waals surface area contributed by atoms with Gasteiger partial charge >= 0.3 is 0 Å². The summed E-state index contributed by atoms with van der Waals surface area (Å²) in [5.41, 5.74) is 0.193. The number of aromatic nitrogens is 2. The topological polar surface area (TPSA) is 64.0 Å². The third kappa shape index (κ3) is 3.92. The molecule has 1 aliphatic rings. The van der Waals surface area contributed by atoms with Crippen molar-refractivity contribution >= 4 is 5.91 Å². The summed E-state index contributed by atoms with van der Waals surface area (Å²) in [6.45, 7) is 2.63. The Morgan fingerprint density at radius 3 is 2.80 bits per heavy atom. The average Bonchev–Trinajstić information content (AvgIpc) is 2.47. The molecule has 1 saturated carbocycles. The molecule has 0 spiro atoms. The van der Waals surface area contributed by atoms with Crippen LogP contribution in [0, 0.1) is 0 Å². The van der Waals surface area contributed by atoms with E-state index in [-0.39, 0.29) is 17.5 Å². The lowest BCUT2D eigenvalue weighted by molar-refractivity contribution is 0.0920. The maximum absolute atomic E-state index is 12.2. The second-order valence-corrected chi connectivity index (χ2v) is 5.44. The molecule has 0 saturated heterocycles. The van der Waals surface area contributed by atoms with E-state index >= 15 is 0 Å². The molecule has 1 aliphatic carbocycles. The molecular formula is C15H23N3O2. The first kappa shape index (κ1) is 14.8. The molecule has 5 heteroatoms. The zero-order chi connectivity index (χ0) is 14.4. The summed E-state index contributed by atoms with van der Waals surface area (Å²) in [4.78, 5) is 23.8. The number of unbranched alkanes of at least 4 members (excludes halogenated alkanes) is 1. The van der Waals surface area contributed by atoms with Crippen LogP contribution in [0.2, 0.25) is 0 Å². The van der Waals surface area contributed by atoms with E-state index in [1.165, 1.54) is 36.1 Å². The van der Waals surface area contributed by atoms with Crippen LogP contribution < -0.4 is 10.9 Å². The number of hydrogen-bond donors (Lipinski definition) is 1. The normalized spacial score (nSPS) is 16.1. The molecule has 1 aromatic rings.